The Labute approximate surface area is 162 Å². The van der Waals surface area contributed by atoms with Gasteiger partial charge in [0.15, 0.2) is 5.78 Å². The molecule has 0 bridgehead atoms. The molecule has 1 N–H and O–H groups in total. The maximum Gasteiger partial charge on any atom is 0.263 e. The molecule has 0 aliphatic heterocycles. The van der Waals surface area contributed by atoms with E-state index >= 15 is 0 Å². The predicted molar refractivity (Wildman–Crippen MR) is 107 cm³/mol. The predicted octanol–water partition coefficient (Wildman–Crippen LogP) is 3.36. The number of carbonyl (C=O) groups is 2. The van der Waals surface area contributed by atoms with Crippen molar-refractivity contribution >= 4 is 17.4 Å². The molecule has 0 spiro atoms. The summed E-state index contributed by atoms with van der Waals surface area (Å²) in [5.41, 5.74) is 1.66. The summed E-state index contributed by atoms with van der Waals surface area (Å²) in [4.78, 5) is 36.6. The smallest absolute Gasteiger partial charge is 0.263 e. The van der Waals surface area contributed by atoms with Crippen LogP contribution in [0.3, 0.4) is 0 Å². The van der Waals surface area contributed by atoms with Crippen LogP contribution in [-0.2, 0) is 6.54 Å². The second-order valence-electron chi connectivity index (χ2n) is 6.29. The third-order valence-corrected chi connectivity index (χ3v) is 4.33. The molecule has 6 nitrogen and oxygen atoms in total. The number of pyridine rings is 1. The highest BCUT2D eigenvalue weighted by Gasteiger charge is 2.13. The van der Waals surface area contributed by atoms with E-state index in [0.29, 0.717) is 17.8 Å². The summed E-state index contributed by atoms with van der Waals surface area (Å²) in [7, 11) is 1.59. The van der Waals surface area contributed by atoms with Gasteiger partial charge in [0, 0.05) is 17.4 Å². The van der Waals surface area contributed by atoms with E-state index in [-0.39, 0.29) is 16.9 Å². The molecule has 3 rings (SSSR count). The highest BCUT2D eigenvalue weighted by molar-refractivity contribution is 6.04. The number of aromatic nitrogens is 1. The Morgan fingerprint density at radius 1 is 1.00 bits per heavy atom. The molecule has 1 amide bonds. The number of nitrogens with zero attached hydrogens (tertiary/aromatic N) is 1. The van der Waals surface area contributed by atoms with Crippen molar-refractivity contribution in [1.82, 2.24) is 4.57 Å². The van der Waals surface area contributed by atoms with Gasteiger partial charge in [0.05, 0.1) is 13.7 Å². The first kappa shape index (κ1) is 19.1. The van der Waals surface area contributed by atoms with Crippen LogP contribution in [0.25, 0.3) is 0 Å². The third-order valence-electron chi connectivity index (χ3n) is 4.33. The molecule has 1 aromatic heterocycles. The van der Waals surface area contributed by atoms with E-state index < -0.39 is 5.91 Å². The van der Waals surface area contributed by atoms with Crippen LogP contribution >= 0.6 is 0 Å². The molecule has 142 valence electrons. The zero-order valence-corrected chi connectivity index (χ0v) is 15.6. The average molecular weight is 376 g/mol. The van der Waals surface area contributed by atoms with Crippen LogP contribution in [0.4, 0.5) is 5.69 Å². The number of Topliss-reactive ketones (excluding diaryl/α,β-unsaturated/α-hetero) is 1. The zero-order valence-electron chi connectivity index (χ0n) is 15.6. The van der Waals surface area contributed by atoms with Gasteiger partial charge >= 0.3 is 0 Å². The SMILES string of the molecule is COc1ccc(Cn2cccc(C(=O)Nc3ccc(C(C)=O)cc3)c2=O)cc1. The van der Waals surface area contributed by atoms with Crippen molar-refractivity contribution in [2.75, 3.05) is 12.4 Å². The lowest BCUT2D eigenvalue weighted by atomic mass is 10.1. The second-order valence-corrected chi connectivity index (χ2v) is 6.29. The van der Waals surface area contributed by atoms with Gasteiger partial charge < -0.3 is 14.6 Å². The fraction of sp³-hybridized carbons (Fsp3) is 0.136. The lowest BCUT2D eigenvalue weighted by molar-refractivity contribution is 0.101. The number of ketones is 1. The van der Waals surface area contributed by atoms with Crippen molar-refractivity contribution in [3.8, 4) is 5.75 Å². The van der Waals surface area contributed by atoms with E-state index in [9.17, 15) is 14.4 Å². The number of rotatable bonds is 6. The van der Waals surface area contributed by atoms with Crippen LogP contribution in [0.2, 0.25) is 0 Å². The molecule has 0 saturated carbocycles. The topological polar surface area (TPSA) is 77.4 Å². The number of benzene rings is 2. The molecule has 0 radical (unpaired) electrons. The van der Waals surface area contributed by atoms with Crippen LogP contribution in [0.1, 0.15) is 33.2 Å². The van der Waals surface area contributed by atoms with Crippen LogP contribution in [0.5, 0.6) is 5.75 Å². The number of anilines is 1. The molecule has 0 saturated heterocycles. The average Bonchev–Trinajstić information content (AvgIpc) is 2.70. The summed E-state index contributed by atoms with van der Waals surface area (Å²) >= 11 is 0. The highest BCUT2D eigenvalue weighted by atomic mass is 16.5. The van der Waals surface area contributed by atoms with Gasteiger partial charge in [-0.15, -0.1) is 0 Å². The molecule has 0 aliphatic carbocycles. The van der Waals surface area contributed by atoms with E-state index in [0.717, 1.165) is 11.3 Å². The van der Waals surface area contributed by atoms with Crippen LogP contribution < -0.4 is 15.6 Å². The number of carbonyl (C=O) groups excluding carboxylic acids is 2. The summed E-state index contributed by atoms with van der Waals surface area (Å²) in [6.07, 6.45) is 1.64. The van der Waals surface area contributed by atoms with Crippen LogP contribution in [0.15, 0.2) is 71.7 Å². The summed E-state index contributed by atoms with van der Waals surface area (Å²) < 4.78 is 6.61. The molecule has 0 aliphatic rings. The van der Waals surface area contributed by atoms with Crippen molar-refractivity contribution < 1.29 is 14.3 Å². The lowest BCUT2D eigenvalue weighted by Crippen LogP contribution is -2.29. The van der Waals surface area contributed by atoms with Crippen molar-refractivity contribution in [1.29, 1.82) is 0 Å². The van der Waals surface area contributed by atoms with Crippen molar-refractivity contribution in [2.24, 2.45) is 0 Å². The molecular formula is C22H20N2O4. The lowest BCUT2D eigenvalue weighted by Gasteiger charge is -2.10. The van der Waals surface area contributed by atoms with Gasteiger partial charge in [0.2, 0.25) is 0 Å². The maximum absolute atomic E-state index is 12.7. The quantitative estimate of drug-likeness (QED) is 0.669. The van der Waals surface area contributed by atoms with Gasteiger partial charge in [-0.1, -0.05) is 12.1 Å². The Morgan fingerprint density at radius 2 is 1.68 bits per heavy atom. The molecule has 0 atom stereocenters. The number of methoxy groups -OCH3 is 1. The van der Waals surface area contributed by atoms with E-state index in [1.54, 1.807) is 43.6 Å². The van der Waals surface area contributed by atoms with E-state index in [1.165, 1.54) is 17.6 Å². The largest absolute Gasteiger partial charge is 0.497 e. The first-order valence-corrected chi connectivity index (χ1v) is 8.72. The number of hydrogen-bond donors (Lipinski definition) is 1. The fourth-order valence-corrected chi connectivity index (χ4v) is 2.75. The van der Waals surface area contributed by atoms with Gasteiger partial charge in [-0.25, -0.2) is 0 Å². The highest BCUT2D eigenvalue weighted by Crippen LogP contribution is 2.13. The van der Waals surface area contributed by atoms with Crippen LogP contribution in [-0.4, -0.2) is 23.4 Å². The molecule has 2 aromatic carbocycles. The summed E-state index contributed by atoms with van der Waals surface area (Å²) in [5.74, 6) is 0.187. The normalized spacial score (nSPS) is 10.4. The minimum Gasteiger partial charge on any atom is -0.497 e. The monoisotopic (exact) mass is 376 g/mol. The molecule has 0 fully saturated rings. The van der Waals surface area contributed by atoms with Gasteiger partial charge in [-0.3, -0.25) is 14.4 Å². The molecule has 28 heavy (non-hydrogen) atoms. The first-order valence-electron chi connectivity index (χ1n) is 8.72. The number of hydrogen-bond acceptors (Lipinski definition) is 4. The summed E-state index contributed by atoms with van der Waals surface area (Å²) in [6, 6.07) is 17.1. The minimum absolute atomic E-state index is 0.0478. The van der Waals surface area contributed by atoms with Gasteiger partial charge in [-0.2, -0.15) is 0 Å². The molecular weight excluding hydrogens is 356 g/mol. The Morgan fingerprint density at radius 3 is 2.29 bits per heavy atom. The Hall–Kier alpha value is -3.67. The Balaban J connectivity index is 1.78. The van der Waals surface area contributed by atoms with E-state index in [1.807, 2.05) is 24.3 Å². The molecule has 3 aromatic rings. The fourth-order valence-electron chi connectivity index (χ4n) is 2.75. The Kier molecular flexibility index (Phi) is 5.69. The summed E-state index contributed by atoms with van der Waals surface area (Å²) in [6.45, 7) is 1.82. The molecule has 1 heterocycles. The molecule has 6 heteroatoms. The molecule has 0 unspecified atom stereocenters. The van der Waals surface area contributed by atoms with Crippen molar-refractivity contribution in [3.63, 3.8) is 0 Å². The second kappa shape index (κ2) is 8.35. The van der Waals surface area contributed by atoms with E-state index in [2.05, 4.69) is 5.32 Å². The number of nitrogens with one attached hydrogen (secondary N) is 1. The van der Waals surface area contributed by atoms with Gasteiger partial charge in [0.1, 0.15) is 11.3 Å². The van der Waals surface area contributed by atoms with E-state index in [4.69, 9.17) is 4.74 Å². The summed E-state index contributed by atoms with van der Waals surface area (Å²) in [5, 5.41) is 2.69. The zero-order chi connectivity index (χ0) is 20.1. The third kappa shape index (κ3) is 4.35. The Bertz CT molecular complexity index is 1050. The minimum atomic E-state index is -0.496. The van der Waals surface area contributed by atoms with Gasteiger partial charge in [-0.05, 0) is 61.0 Å². The number of amides is 1. The standard InChI is InChI=1S/C22H20N2O4/c1-15(25)17-7-9-18(10-8-17)23-21(26)20-4-3-13-24(22(20)27)14-16-5-11-19(28-2)12-6-16/h3-13H,14H2,1-2H3,(H,23,26). The number of ether oxygens (including phenoxy) is 1. The van der Waals surface area contributed by atoms with Crippen molar-refractivity contribution in [3.05, 3.63) is 93.9 Å². The maximum atomic E-state index is 12.7. The van der Waals surface area contributed by atoms with Crippen LogP contribution in [0, 0.1) is 0 Å². The van der Waals surface area contributed by atoms with Crippen molar-refractivity contribution in [2.45, 2.75) is 13.5 Å². The first-order chi connectivity index (χ1) is 13.5. The van der Waals surface area contributed by atoms with Gasteiger partial charge in [0.25, 0.3) is 11.5 Å².